The number of rotatable bonds is 14. The molecule has 4 N–H and O–H groups in total. The second-order valence-corrected chi connectivity index (χ2v) is 6.23. The van der Waals surface area contributed by atoms with Crippen molar-refractivity contribution in [3.05, 3.63) is 0 Å². The largest absolute Gasteiger partial charge is 0.480 e. The van der Waals surface area contributed by atoms with Crippen LogP contribution in [0.3, 0.4) is 0 Å². The molecule has 0 aromatic heterocycles. The van der Waals surface area contributed by atoms with Crippen LogP contribution in [0.4, 0.5) is 0 Å². The molecule has 0 aromatic rings. The Morgan fingerprint density at radius 1 is 1.04 bits per heavy atom. The summed E-state index contributed by atoms with van der Waals surface area (Å²) < 4.78 is 0. The van der Waals surface area contributed by atoms with Gasteiger partial charge in [-0.15, -0.1) is 0 Å². The molecule has 9 nitrogen and oxygen atoms in total. The van der Waals surface area contributed by atoms with Gasteiger partial charge < -0.3 is 20.4 Å². The number of ketones is 1. The zero-order valence-corrected chi connectivity index (χ0v) is 14.2. The summed E-state index contributed by atoms with van der Waals surface area (Å²) in [5, 5.41) is 36.1. The van der Waals surface area contributed by atoms with E-state index < -0.39 is 43.1 Å². The van der Waals surface area contributed by atoms with Crippen LogP contribution in [0.25, 0.3) is 0 Å². The molecule has 0 bridgehead atoms. The number of thioether (sulfide) groups is 1. The first kappa shape index (κ1) is 22.4. The SMILES string of the molecule is CCC(O)CCC(=O)CSCC(C(=O)O)N(CC(=O)O)CC(=O)O. The van der Waals surface area contributed by atoms with Crippen molar-refractivity contribution >= 4 is 35.5 Å². The Bertz CT molecular complexity index is 440. The zero-order chi connectivity index (χ0) is 18.7. The van der Waals surface area contributed by atoms with Crippen molar-refractivity contribution in [1.29, 1.82) is 0 Å². The molecule has 2 atom stereocenters. The summed E-state index contributed by atoms with van der Waals surface area (Å²) in [4.78, 5) is 45.3. The van der Waals surface area contributed by atoms with Gasteiger partial charge in [-0.3, -0.25) is 24.1 Å². The van der Waals surface area contributed by atoms with Gasteiger partial charge in [-0.1, -0.05) is 6.92 Å². The maximum atomic E-state index is 11.7. The summed E-state index contributed by atoms with van der Waals surface area (Å²) in [5.74, 6) is -4.26. The van der Waals surface area contributed by atoms with Crippen molar-refractivity contribution in [3.8, 4) is 0 Å². The standard InChI is InChI=1S/C14H23NO8S/c1-2-9(16)3-4-10(17)7-24-8-11(14(22)23)15(5-12(18)19)6-13(20)21/h9,11,16H,2-8H2,1H3,(H,18,19)(H,20,21)(H,22,23). The fraction of sp³-hybridized carbons (Fsp3) is 0.714. The van der Waals surface area contributed by atoms with Gasteiger partial charge in [0.2, 0.25) is 0 Å². The number of aliphatic carboxylic acids is 3. The predicted molar refractivity (Wildman–Crippen MR) is 86.1 cm³/mol. The molecular weight excluding hydrogens is 342 g/mol. The van der Waals surface area contributed by atoms with E-state index in [4.69, 9.17) is 10.2 Å². The average Bonchev–Trinajstić information content (AvgIpc) is 2.47. The van der Waals surface area contributed by atoms with Gasteiger partial charge in [-0.2, -0.15) is 11.8 Å². The molecule has 138 valence electrons. The molecule has 2 unspecified atom stereocenters. The highest BCUT2D eigenvalue weighted by molar-refractivity contribution is 8.00. The van der Waals surface area contributed by atoms with E-state index in [1.54, 1.807) is 6.92 Å². The maximum Gasteiger partial charge on any atom is 0.321 e. The number of hydrogen-bond donors (Lipinski definition) is 4. The van der Waals surface area contributed by atoms with Gasteiger partial charge in [0.05, 0.1) is 24.9 Å². The topological polar surface area (TPSA) is 152 Å². The molecule has 0 aliphatic rings. The lowest BCUT2D eigenvalue weighted by atomic mass is 10.1. The van der Waals surface area contributed by atoms with Gasteiger partial charge in [0.25, 0.3) is 0 Å². The van der Waals surface area contributed by atoms with Crippen molar-refractivity contribution in [1.82, 2.24) is 4.90 Å². The van der Waals surface area contributed by atoms with Gasteiger partial charge in [0.15, 0.2) is 0 Å². The summed E-state index contributed by atoms with van der Waals surface area (Å²) >= 11 is 1.00. The van der Waals surface area contributed by atoms with Crippen LogP contribution >= 0.6 is 11.8 Å². The van der Waals surface area contributed by atoms with E-state index in [-0.39, 0.29) is 23.7 Å². The van der Waals surface area contributed by atoms with Crippen molar-refractivity contribution in [2.24, 2.45) is 0 Å². The number of carboxylic acid groups (broad SMARTS) is 3. The van der Waals surface area contributed by atoms with Crippen LogP contribution in [0.1, 0.15) is 26.2 Å². The normalized spacial score (nSPS) is 13.5. The Kier molecular flexibility index (Phi) is 11.0. The fourth-order valence-electron chi connectivity index (χ4n) is 1.84. The lowest BCUT2D eigenvalue weighted by molar-refractivity contribution is -0.148. The van der Waals surface area contributed by atoms with E-state index in [0.717, 1.165) is 16.7 Å². The number of carboxylic acids is 3. The van der Waals surface area contributed by atoms with E-state index >= 15 is 0 Å². The average molecular weight is 365 g/mol. The minimum Gasteiger partial charge on any atom is -0.480 e. The number of aliphatic hydroxyl groups excluding tert-OH is 1. The highest BCUT2D eigenvalue weighted by Gasteiger charge is 2.29. The Morgan fingerprint density at radius 2 is 1.58 bits per heavy atom. The molecule has 0 saturated carbocycles. The monoisotopic (exact) mass is 365 g/mol. The van der Waals surface area contributed by atoms with Crippen LogP contribution in [-0.4, -0.2) is 85.8 Å². The quantitative estimate of drug-likeness (QED) is 0.324. The molecule has 0 aliphatic carbocycles. The zero-order valence-electron chi connectivity index (χ0n) is 13.4. The van der Waals surface area contributed by atoms with Gasteiger partial charge in [-0.05, 0) is 12.8 Å². The molecule has 0 saturated heterocycles. The van der Waals surface area contributed by atoms with Crippen LogP contribution in [0.15, 0.2) is 0 Å². The molecule has 0 amide bonds. The third-order valence-corrected chi connectivity index (χ3v) is 4.25. The Labute approximate surface area is 143 Å². The minimum absolute atomic E-state index is 0.0220. The first-order chi connectivity index (χ1) is 11.2. The minimum atomic E-state index is -1.35. The number of carbonyl (C=O) groups is 4. The molecule has 0 fully saturated rings. The number of nitrogens with zero attached hydrogens (tertiary/aromatic N) is 1. The third kappa shape index (κ3) is 10.2. The van der Waals surface area contributed by atoms with Gasteiger partial charge in [-0.25, -0.2) is 0 Å². The first-order valence-corrected chi connectivity index (χ1v) is 8.50. The van der Waals surface area contributed by atoms with Crippen LogP contribution in [0, 0.1) is 0 Å². The summed E-state index contributed by atoms with van der Waals surface area (Å²) in [5.41, 5.74) is 0. The summed E-state index contributed by atoms with van der Waals surface area (Å²) in [6.45, 7) is 0.349. The molecule has 0 radical (unpaired) electrons. The molecule has 0 rings (SSSR count). The lowest BCUT2D eigenvalue weighted by Crippen LogP contribution is -2.48. The Morgan fingerprint density at radius 3 is 2.00 bits per heavy atom. The van der Waals surface area contributed by atoms with Gasteiger partial charge in [0.1, 0.15) is 11.8 Å². The van der Waals surface area contributed by atoms with Crippen molar-refractivity contribution in [2.75, 3.05) is 24.6 Å². The van der Waals surface area contributed by atoms with Crippen molar-refractivity contribution in [2.45, 2.75) is 38.3 Å². The van der Waals surface area contributed by atoms with E-state index in [2.05, 4.69) is 0 Å². The van der Waals surface area contributed by atoms with Crippen LogP contribution in [0.2, 0.25) is 0 Å². The van der Waals surface area contributed by atoms with Gasteiger partial charge >= 0.3 is 17.9 Å². The Balaban J connectivity index is 4.54. The highest BCUT2D eigenvalue weighted by atomic mass is 32.2. The molecule has 10 heteroatoms. The fourth-order valence-corrected chi connectivity index (χ4v) is 2.91. The summed E-state index contributed by atoms with van der Waals surface area (Å²) in [6, 6.07) is -1.32. The number of Topliss-reactive ketones (excluding diaryl/α,β-unsaturated/α-hetero) is 1. The van der Waals surface area contributed by atoms with E-state index in [9.17, 15) is 29.4 Å². The number of carbonyl (C=O) groups excluding carboxylic acids is 1. The molecule has 0 aliphatic heterocycles. The molecule has 24 heavy (non-hydrogen) atoms. The van der Waals surface area contributed by atoms with Crippen LogP contribution in [-0.2, 0) is 19.2 Å². The van der Waals surface area contributed by atoms with E-state index in [1.807, 2.05) is 0 Å². The highest BCUT2D eigenvalue weighted by Crippen LogP contribution is 2.12. The van der Waals surface area contributed by atoms with Crippen molar-refractivity contribution < 1.29 is 39.6 Å². The van der Waals surface area contributed by atoms with Crippen LogP contribution < -0.4 is 0 Å². The smallest absolute Gasteiger partial charge is 0.321 e. The van der Waals surface area contributed by atoms with Crippen LogP contribution in [0.5, 0.6) is 0 Å². The maximum absolute atomic E-state index is 11.7. The second-order valence-electron chi connectivity index (χ2n) is 5.20. The molecule has 0 aromatic carbocycles. The van der Waals surface area contributed by atoms with E-state index in [0.29, 0.717) is 12.8 Å². The van der Waals surface area contributed by atoms with Gasteiger partial charge in [0, 0.05) is 12.2 Å². The second kappa shape index (κ2) is 11.8. The molecule has 0 spiro atoms. The molecular formula is C14H23NO8S. The number of hydrogen-bond acceptors (Lipinski definition) is 7. The van der Waals surface area contributed by atoms with Crippen molar-refractivity contribution in [3.63, 3.8) is 0 Å². The summed E-state index contributed by atoms with van der Waals surface area (Å²) in [6.07, 6.45) is 0.504. The lowest BCUT2D eigenvalue weighted by Gasteiger charge is -2.25. The van der Waals surface area contributed by atoms with E-state index in [1.165, 1.54) is 0 Å². The Hall–Kier alpha value is -1.65. The third-order valence-electron chi connectivity index (χ3n) is 3.17. The summed E-state index contributed by atoms with van der Waals surface area (Å²) in [7, 11) is 0. The number of aliphatic hydroxyl groups is 1. The predicted octanol–water partition coefficient (Wildman–Crippen LogP) is -0.236. The molecule has 0 heterocycles. The first-order valence-electron chi connectivity index (χ1n) is 7.35.